The van der Waals surface area contributed by atoms with Crippen molar-refractivity contribution in [1.29, 1.82) is 0 Å². The quantitative estimate of drug-likeness (QED) is 0.832. The van der Waals surface area contributed by atoms with Crippen LogP contribution in [0.3, 0.4) is 0 Å². The van der Waals surface area contributed by atoms with Crippen LogP contribution in [-0.2, 0) is 6.18 Å². The van der Waals surface area contributed by atoms with E-state index in [2.05, 4.69) is 5.32 Å². The van der Waals surface area contributed by atoms with Gasteiger partial charge in [-0.25, -0.2) is 4.39 Å². The van der Waals surface area contributed by atoms with Crippen LogP contribution in [0.5, 0.6) is 0 Å². The lowest BCUT2D eigenvalue weighted by atomic mass is 9.86. The van der Waals surface area contributed by atoms with Crippen LogP contribution in [0, 0.1) is 11.7 Å². The fourth-order valence-corrected chi connectivity index (χ4v) is 2.61. The molecule has 0 amide bonds. The topological polar surface area (TPSA) is 38.0 Å². The summed E-state index contributed by atoms with van der Waals surface area (Å²) >= 11 is 0. The summed E-state index contributed by atoms with van der Waals surface area (Å²) in [5.74, 6) is -0.527. The van der Waals surface area contributed by atoms with Crippen molar-refractivity contribution in [3.8, 4) is 0 Å². The number of hydrogen-bond donors (Lipinski definition) is 2. The second kappa shape index (κ2) is 5.99. The number of alkyl halides is 3. The lowest BCUT2D eigenvalue weighted by Crippen LogP contribution is -2.31. The molecule has 6 heteroatoms. The highest BCUT2D eigenvalue weighted by Gasteiger charge is 2.31. The van der Waals surface area contributed by atoms with Crippen molar-refractivity contribution >= 4 is 5.69 Å². The Morgan fingerprint density at radius 3 is 2.60 bits per heavy atom. The molecule has 1 aliphatic carbocycles. The zero-order valence-electron chi connectivity index (χ0n) is 11.0. The molecule has 2 rings (SSSR count). The molecule has 0 aromatic heterocycles. The highest BCUT2D eigenvalue weighted by atomic mass is 19.4. The summed E-state index contributed by atoms with van der Waals surface area (Å²) < 4.78 is 50.9. The van der Waals surface area contributed by atoms with Crippen LogP contribution in [0.2, 0.25) is 0 Å². The van der Waals surface area contributed by atoms with Crippen molar-refractivity contribution in [2.75, 3.05) is 11.9 Å². The summed E-state index contributed by atoms with van der Waals surface area (Å²) in [6, 6.07) is 2.72. The normalized spacial score (nSPS) is 23.6. The number of rotatable bonds is 3. The van der Waals surface area contributed by atoms with Crippen LogP contribution in [-0.4, -0.2) is 12.6 Å². The number of benzene rings is 1. The number of halogens is 4. The van der Waals surface area contributed by atoms with Crippen LogP contribution in [0.1, 0.15) is 31.2 Å². The third kappa shape index (κ3) is 3.85. The van der Waals surface area contributed by atoms with Crippen molar-refractivity contribution < 1.29 is 17.6 Å². The molecule has 0 spiro atoms. The van der Waals surface area contributed by atoms with Gasteiger partial charge in [0.1, 0.15) is 5.82 Å². The van der Waals surface area contributed by atoms with Crippen LogP contribution in [0.15, 0.2) is 18.2 Å². The van der Waals surface area contributed by atoms with E-state index in [0.29, 0.717) is 18.5 Å². The second-order valence-electron chi connectivity index (χ2n) is 5.37. The van der Waals surface area contributed by atoms with Crippen LogP contribution in [0.25, 0.3) is 0 Å². The van der Waals surface area contributed by atoms with E-state index >= 15 is 0 Å². The number of anilines is 1. The summed E-state index contributed by atoms with van der Waals surface area (Å²) in [5.41, 5.74) is 5.00. The minimum Gasteiger partial charge on any atom is -0.382 e. The Bertz CT molecular complexity index is 459. The van der Waals surface area contributed by atoms with Gasteiger partial charge in [-0.2, -0.15) is 13.2 Å². The van der Waals surface area contributed by atoms with E-state index in [1.54, 1.807) is 0 Å². The average Bonchev–Trinajstić information content (AvgIpc) is 2.36. The summed E-state index contributed by atoms with van der Waals surface area (Å²) in [5, 5.41) is 2.88. The van der Waals surface area contributed by atoms with Gasteiger partial charge in [-0.05, 0) is 43.4 Å². The second-order valence-corrected chi connectivity index (χ2v) is 5.37. The Hall–Kier alpha value is -1.30. The Kier molecular flexibility index (Phi) is 4.52. The monoisotopic (exact) mass is 290 g/mol. The molecule has 1 aliphatic rings. The van der Waals surface area contributed by atoms with Gasteiger partial charge in [0.15, 0.2) is 0 Å². The fraction of sp³-hybridized carbons (Fsp3) is 0.571. The lowest BCUT2D eigenvalue weighted by molar-refractivity contribution is -0.137. The van der Waals surface area contributed by atoms with E-state index in [4.69, 9.17) is 5.73 Å². The fourth-order valence-electron chi connectivity index (χ4n) is 2.61. The zero-order chi connectivity index (χ0) is 14.8. The van der Waals surface area contributed by atoms with Crippen molar-refractivity contribution in [1.82, 2.24) is 0 Å². The largest absolute Gasteiger partial charge is 0.416 e. The predicted octanol–water partition coefficient (Wildman–Crippen LogP) is 3.77. The van der Waals surface area contributed by atoms with Gasteiger partial charge in [-0.15, -0.1) is 0 Å². The molecule has 0 heterocycles. The minimum absolute atomic E-state index is 0.108. The van der Waals surface area contributed by atoms with E-state index in [9.17, 15) is 17.6 Å². The molecule has 1 aromatic carbocycles. The Morgan fingerprint density at radius 1 is 1.25 bits per heavy atom. The standard InChI is InChI=1S/C14H18F4N2/c15-12-7-10(14(16,17)18)4-5-13(12)20-8-9-2-1-3-11(19)6-9/h4-5,7,9,11,20H,1-3,6,8,19H2. The highest BCUT2D eigenvalue weighted by Crippen LogP contribution is 2.31. The SMILES string of the molecule is NC1CCCC(CNc2ccc(C(F)(F)F)cc2F)C1. The molecular weight excluding hydrogens is 272 g/mol. The molecule has 0 bridgehead atoms. The molecule has 0 aliphatic heterocycles. The van der Waals surface area contributed by atoms with Gasteiger partial charge >= 0.3 is 6.18 Å². The third-order valence-corrected chi connectivity index (χ3v) is 3.70. The summed E-state index contributed by atoms with van der Waals surface area (Å²) in [4.78, 5) is 0. The molecule has 20 heavy (non-hydrogen) atoms. The van der Waals surface area contributed by atoms with Gasteiger partial charge in [-0.3, -0.25) is 0 Å². The summed E-state index contributed by atoms with van der Waals surface area (Å²) in [7, 11) is 0. The predicted molar refractivity (Wildman–Crippen MR) is 69.8 cm³/mol. The summed E-state index contributed by atoms with van der Waals surface area (Å²) in [6.45, 7) is 0.538. The maximum atomic E-state index is 13.6. The number of nitrogens with one attached hydrogen (secondary N) is 1. The summed E-state index contributed by atoms with van der Waals surface area (Å²) in [6.07, 6.45) is -0.581. The Morgan fingerprint density at radius 2 is 2.00 bits per heavy atom. The van der Waals surface area contributed by atoms with Gasteiger partial charge in [0.25, 0.3) is 0 Å². The molecule has 2 unspecified atom stereocenters. The molecule has 0 radical (unpaired) electrons. The van der Waals surface area contributed by atoms with Gasteiger partial charge in [-0.1, -0.05) is 6.42 Å². The van der Waals surface area contributed by atoms with Crippen molar-refractivity contribution in [3.63, 3.8) is 0 Å². The molecule has 3 N–H and O–H groups in total. The van der Waals surface area contributed by atoms with Crippen molar-refractivity contribution in [2.24, 2.45) is 11.7 Å². The van der Waals surface area contributed by atoms with Crippen molar-refractivity contribution in [3.05, 3.63) is 29.6 Å². The number of nitrogens with two attached hydrogens (primary N) is 1. The van der Waals surface area contributed by atoms with Crippen molar-refractivity contribution in [2.45, 2.75) is 37.9 Å². The van der Waals surface area contributed by atoms with Gasteiger partial charge in [0, 0.05) is 12.6 Å². The zero-order valence-corrected chi connectivity index (χ0v) is 11.0. The van der Waals surface area contributed by atoms with Crippen LogP contribution in [0.4, 0.5) is 23.2 Å². The van der Waals surface area contributed by atoms with E-state index in [0.717, 1.165) is 37.8 Å². The van der Waals surface area contributed by atoms with E-state index in [1.807, 2.05) is 0 Å². The molecule has 0 saturated heterocycles. The maximum absolute atomic E-state index is 13.6. The first kappa shape index (κ1) is 15.1. The first-order valence-electron chi connectivity index (χ1n) is 6.72. The van der Waals surface area contributed by atoms with Gasteiger partial charge in [0.05, 0.1) is 11.3 Å². The average molecular weight is 290 g/mol. The molecule has 1 saturated carbocycles. The van der Waals surface area contributed by atoms with Crippen LogP contribution < -0.4 is 11.1 Å². The Labute approximate surface area is 115 Å². The maximum Gasteiger partial charge on any atom is 0.416 e. The first-order valence-corrected chi connectivity index (χ1v) is 6.72. The first-order chi connectivity index (χ1) is 9.36. The molecule has 112 valence electrons. The third-order valence-electron chi connectivity index (χ3n) is 3.70. The lowest BCUT2D eigenvalue weighted by Gasteiger charge is -2.27. The van der Waals surface area contributed by atoms with Crippen LogP contribution >= 0.6 is 0 Å². The molecular formula is C14H18F4N2. The van der Waals surface area contributed by atoms with E-state index < -0.39 is 17.6 Å². The smallest absolute Gasteiger partial charge is 0.382 e. The van der Waals surface area contributed by atoms with Gasteiger partial charge < -0.3 is 11.1 Å². The minimum atomic E-state index is -4.52. The van der Waals surface area contributed by atoms with E-state index in [-0.39, 0.29) is 11.7 Å². The highest BCUT2D eigenvalue weighted by molar-refractivity contribution is 5.46. The molecule has 2 atom stereocenters. The molecule has 1 aromatic rings. The number of hydrogen-bond acceptors (Lipinski definition) is 2. The van der Waals surface area contributed by atoms with E-state index in [1.165, 1.54) is 0 Å². The molecule has 1 fully saturated rings. The Balaban J connectivity index is 1.96. The van der Waals surface area contributed by atoms with Gasteiger partial charge in [0.2, 0.25) is 0 Å². The molecule has 2 nitrogen and oxygen atoms in total.